The van der Waals surface area contributed by atoms with Crippen LogP contribution in [0.2, 0.25) is 0 Å². The Morgan fingerprint density at radius 3 is 2.61 bits per heavy atom. The Balaban J connectivity index is 1.64. The Morgan fingerprint density at radius 2 is 1.97 bits per heavy atom. The molecule has 1 amide bonds. The van der Waals surface area contributed by atoms with Gasteiger partial charge in [0.25, 0.3) is 0 Å². The number of nitrogens with zero attached hydrogens (tertiary/aromatic N) is 3. The van der Waals surface area contributed by atoms with E-state index in [4.69, 9.17) is 4.74 Å². The van der Waals surface area contributed by atoms with Crippen molar-refractivity contribution in [3.05, 3.63) is 40.0 Å². The quantitative estimate of drug-likeness (QED) is 0.665. The third kappa shape index (κ3) is 3.12. The van der Waals surface area contributed by atoms with Gasteiger partial charge in [0.15, 0.2) is 0 Å². The van der Waals surface area contributed by atoms with Crippen LogP contribution in [0.15, 0.2) is 28.9 Å². The predicted molar refractivity (Wildman–Crippen MR) is 124 cm³/mol. The van der Waals surface area contributed by atoms with Gasteiger partial charge in [-0.3, -0.25) is 19.1 Å². The molecule has 0 unspecified atom stereocenters. The van der Waals surface area contributed by atoms with Crippen LogP contribution in [0.4, 0.5) is 0 Å². The normalized spacial score (nSPS) is 23.3. The van der Waals surface area contributed by atoms with E-state index in [0.717, 1.165) is 40.6 Å². The van der Waals surface area contributed by atoms with Gasteiger partial charge >= 0.3 is 0 Å². The molecule has 1 aromatic carbocycles. The number of hydrogen-bond donors (Lipinski definition) is 0. The molecule has 6 nitrogen and oxygen atoms in total. The second-order valence-corrected chi connectivity index (χ2v) is 9.53. The number of ether oxygens (including phenoxy) is 1. The molecule has 164 valence electrons. The van der Waals surface area contributed by atoms with E-state index in [1.54, 1.807) is 0 Å². The lowest BCUT2D eigenvalue weighted by Gasteiger charge is -2.40. The Bertz CT molecular complexity index is 1100. The van der Waals surface area contributed by atoms with Gasteiger partial charge < -0.3 is 9.64 Å². The average Bonchev–Trinajstić information content (AvgIpc) is 3.01. The molecule has 0 N–H and O–H groups in total. The maximum absolute atomic E-state index is 13.2. The van der Waals surface area contributed by atoms with Crippen LogP contribution in [0.3, 0.4) is 0 Å². The van der Waals surface area contributed by atoms with Crippen molar-refractivity contribution in [3.63, 3.8) is 0 Å². The van der Waals surface area contributed by atoms with Crippen molar-refractivity contribution in [2.24, 2.45) is 11.8 Å². The highest BCUT2D eigenvalue weighted by molar-refractivity contribution is 9.10. The number of likely N-dealkylation sites (N-methyl/N-ethyl adjacent to an activating group) is 1. The Labute approximate surface area is 190 Å². The minimum absolute atomic E-state index is 0.0793. The van der Waals surface area contributed by atoms with Crippen molar-refractivity contribution < 1.29 is 14.3 Å². The Morgan fingerprint density at radius 1 is 1.23 bits per heavy atom. The predicted octanol–water partition coefficient (Wildman–Crippen LogP) is 3.43. The van der Waals surface area contributed by atoms with Gasteiger partial charge in [0.2, 0.25) is 11.8 Å². The van der Waals surface area contributed by atoms with Crippen molar-refractivity contribution >= 4 is 44.2 Å². The molecule has 3 heterocycles. The topological polar surface area (TPSA) is 54.8 Å². The summed E-state index contributed by atoms with van der Waals surface area (Å²) < 4.78 is 7.95. The number of benzene rings is 1. The summed E-state index contributed by atoms with van der Waals surface area (Å²) >= 11 is 3.76. The molecule has 3 aliphatic rings. The maximum atomic E-state index is 13.2. The molecule has 31 heavy (non-hydrogen) atoms. The lowest BCUT2D eigenvalue weighted by Crippen LogP contribution is -2.47. The molecule has 2 aliphatic heterocycles. The molecule has 1 aromatic heterocycles. The fourth-order valence-electron chi connectivity index (χ4n) is 5.29. The zero-order valence-electron chi connectivity index (χ0n) is 18.2. The molecular formula is C24H28BrN3O3. The summed E-state index contributed by atoms with van der Waals surface area (Å²) in [7, 11) is 2.10. The minimum atomic E-state index is -0.146. The lowest BCUT2D eigenvalue weighted by atomic mass is 9.79. The smallest absolute Gasteiger partial charge is 0.239 e. The Kier molecular flexibility index (Phi) is 5.31. The number of carbonyl (C=O) groups is 2. The number of hydrogen-bond acceptors (Lipinski definition) is 4. The summed E-state index contributed by atoms with van der Waals surface area (Å²) in [5.41, 5.74) is 4.48. The van der Waals surface area contributed by atoms with Gasteiger partial charge in [-0.25, -0.2) is 0 Å². The summed E-state index contributed by atoms with van der Waals surface area (Å²) in [6.45, 7) is 7.21. The number of amides is 1. The second-order valence-electron chi connectivity index (χ2n) is 8.78. The van der Waals surface area contributed by atoms with Gasteiger partial charge in [0.05, 0.1) is 35.2 Å². The molecule has 2 atom stereocenters. The average molecular weight is 486 g/mol. The van der Waals surface area contributed by atoms with E-state index in [-0.39, 0.29) is 29.7 Å². The molecule has 2 aromatic rings. The standard InChI is InChI=1S/C24H28BrN3O3/c1-4-27(5-2)23(29)14-9-17-16-7-6-8-19-21(16)18(10-20(17)26(3)11-14)22(25)28(19)24(30)15-12-31-13-15/h6-9,14-15,20H,4-5,10-13H2,1-3H3/t14-,20-/m1/s1. The summed E-state index contributed by atoms with van der Waals surface area (Å²) in [6.07, 6.45) is 3.01. The summed E-state index contributed by atoms with van der Waals surface area (Å²) in [5.74, 6) is 0.0599. The minimum Gasteiger partial charge on any atom is -0.380 e. The van der Waals surface area contributed by atoms with Crippen LogP contribution >= 0.6 is 15.9 Å². The van der Waals surface area contributed by atoms with Crippen LogP contribution in [0.1, 0.15) is 29.8 Å². The third-order valence-electron chi connectivity index (χ3n) is 7.10. The van der Waals surface area contributed by atoms with Crippen molar-refractivity contribution in [1.82, 2.24) is 14.4 Å². The highest BCUT2D eigenvalue weighted by Crippen LogP contribution is 2.45. The third-order valence-corrected chi connectivity index (χ3v) is 7.93. The van der Waals surface area contributed by atoms with E-state index >= 15 is 0 Å². The SMILES string of the molecule is CCN(CC)C(=O)[C@@H]1C=C2c3cccc4c3c(c(Br)n4C(=O)C3COC3)C[C@H]2N(C)C1. The van der Waals surface area contributed by atoms with E-state index in [2.05, 4.69) is 40.0 Å². The number of fused-ring (bicyclic) bond motifs is 2. The van der Waals surface area contributed by atoms with Gasteiger partial charge in [-0.1, -0.05) is 18.2 Å². The number of aromatic nitrogens is 1. The van der Waals surface area contributed by atoms with Crippen molar-refractivity contribution in [1.29, 1.82) is 0 Å². The van der Waals surface area contributed by atoms with Crippen LogP contribution in [-0.2, 0) is 16.0 Å². The van der Waals surface area contributed by atoms with E-state index in [9.17, 15) is 9.59 Å². The van der Waals surface area contributed by atoms with Gasteiger partial charge in [-0.2, -0.15) is 0 Å². The van der Waals surface area contributed by atoms with E-state index in [1.807, 2.05) is 35.4 Å². The van der Waals surface area contributed by atoms with E-state index in [0.29, 0.717) is 19.8 Å². The molecule has 1 fully saturated rings. The lowest BCUT2D eigenvalue weighted by molar-refractivity contribution is -0.134. The van der Waals surface area contributed by atoms with Crippen molar-refractivity contribution in [2.45, 2.75) is 26.3 Å². The Hall–Kier alpha value is -1.96. The first kappa shape index (κ1) is 20.9. The van der Waals surface area contributed by atoms with E-state index in [1.165, 1.54) is 11.1 Å². The molecule has 1 saturated heterocycles. The number of carbonyl (C=O) groups excluding carboxylic acids is 2. The highest BCUT2D eigenvalue weighted by atomic mass is 79.9. The first-order chi connectivity index (χ1) is 15.0. The maximum Gasteiger partial charge on any atom is 0.239 e. The number of halogens is 1. The molecule has 1 aliphatic carbocycles. The van der Waals surface area contributed by atoms with Crippen molar-refractivity contribution in [3.8, 4) is 0 Å². The monoisotopic (exact) mass is 485 g/mol. The van der Waals surface area contributed by atoms with E-state index < -0.39 is 0 Å². The molecular weight excluding hydrogens is 458 g/mol. The fraction of sp³-hybridized carbons (Fsp3) is 0.500. The summed E-state index contributed by atoms with van der Waals surface area (Å²) in [5, 5.41) is 1.13. The van der Waals surface area contributed by atoms with Crippen LogP contribution < -0.4 is 0 Å². The number of rotatable bonds is 4. The van der Waals surface area contributed by atoms with Crippen molar-refractivity contribution in [2.75, 3.05) is 39.9 Å². The van der Waals surface area contributed by atoms with Crippen LogP contribution in [-0.4, -0.2) is 72.1 Å². The van der Waals surface area contributed by atoms with Gasteiger partial charge in [0, 0.05) is 31.1 Å². The summed E-state index contributed by atoms with van der Waals surface area (Å²) in [4.78, 5) is 30.5. The van der Waals surface area contributed by atoms with Crippen LogP contribution in [0.25, 0.3) is 16.5 Å². The molecule has 5 rings (SSSR count). The highest BCUT2D eigenvalue weighted by Gasteiger charge is 2.39. The first-order valence-corrected chi connectivity index (χ1v) is 11.9. The van der Waals surface area contributed by atoms with Gasteiger partial charge in [-0.05, 0) is 66.0 Å². The van der Waals surface area contributed by atoms with Crippen LogP contribution in [0.5, 0.6) is 0 Å². The largest absolute Gasteiger partial charge is 0.380 e. The molecule has 0 radical (unpaired) electrons. The van der Waals surface area contributed by atoms with Gasteiger partial charge in [0.1, 0.15) is 0 Å². The molecule has 7 heteroatoms. The zero-order valence-corrected chi connectivity index (χ0v) is 19.8. The van der Waals surface area contributed by atoms with Crippen LogP contribution in [0, 0.1) is 11.8 Å². The first-order valence-electron chi connectivity index (χ1n) is 11.1. The molecule has 0 saturated carbocycles. The van der Waals surface area contributed by atoms with Gasteiger partial charge in [-0.15, -0.1) is 0 Å². The molecule has 0 bridgehead atoms. The summed E-state index contributed by atoms with van der Waals surface area (Å²) in [6, 6.07) is 6.38. The second kappa shape index (κ2) is 7.87. The fourth-order valence-corrected chi connectivity index (χ4v) is 6.02. The molecule has 0 spiro atoms. The zero-order chi connectivity index (χ0) is 21.9.